The van der Waals surface area contributed by atoms with Crippen LogP contribution in [-0.2, 0) is 0 Å². The molecule has 2 aliphatic rings. The largest absolute Gasteiger partial charge is 0.385 e. The van der Waals surface area contributed by atoms with E-state index in [4.69, 9.17) is 0 Å². The van der Waals surface area contributed by atoms with Crippen LogP contribution in [0.2, 0.25) is 0 Å². The Balaban J connectivity index is 1.29. The van der Waals surface area contributed by atoms with E-state index in [1.807, 2.05) is 0 Å². The van der Waals surface area contributed by atoms with Crippen molar-refractivity contribution in [2.45, 2.75) is 38.1 Å². The highest BCUT2D eigenvalue weighted by molar-refractivity contribution is 5.42. The van der Waals surface area contributed by atoms with Crippen LogP contribution in [0.3, 0.4) is 0 Å². The third-order valence-electron chi connectivity index (χ3n) is 5.00. The summed E-state index contributed by atoms with van der Waals surface area (Å²) in [5, 5.41) is 3.50. The van der Waals surface area contributed by atoms with Gasteiger partial charge in [0.15, 0.2) is 0 Å². The Labute approximate surface area is 129 Å². The molecule has 0 bridgehead atoms. The fraction of sp³-hybridized carbons (Fsp3) is 0.667. The Morgan fingerprint density at radius 2 is 1.67 bits per heavy atom. The fourth-order valence-electron chi connectivity index (χ4n) is 3.71. The lowest BCUT2D eigenvalue weighted by molar-refractivity contribution is 0.0978. The summed E-state index contributed by atoms with van der Waals surface area (Å²) >= 11 is 0. The molecule has 3 heteroatoms. The Morgan fingerprint density at radius 1 is 0.952 bits per heavy atom. The number of anilines is 1. The van der Waals surface area contributed by atoms with Gasteiger partial charge in [-0.1, -0.05) is 31.0 Å². The zero-order valence-electron chi connectivity index (χ0n) is 13.1. The first-order valence-corrected chi connectivity index (χ1v) is 8.67. The van der Waals surface area contributed by atoms with Gasteiger partial charge < -0.3 is 10.2 Å². The molecule has 1 aliphatic heterocycles. The molecular weight excluding hydrogens is 258 g/mol. The van der Waals surface area contributed by atoms with Crippen molar-refractivity contribution in [2.75, 3.05) is 44.6 Å². The number of hydrogen-bond donors (Lipinski definition) is 1. The van der Waals surface area contributed by atoms with Crippen LogP contribution in [0.1, 0.15) is 32.1 Å². The summed E-state index contributed by atoms with van der Waals surface area (Å²) in [5.41, 5.74) is 1.24. The molecule has 0 aromatic heterocycles. The fourth-order valence-corrected chi connectivity index (χ4v) is 3.71. The van der Waals surface area contributed by atoms with Crippen molar-refractivity contribution in [2.24, 2.45) is 0 Å². The quantitative estimate of drug-likeness (QED) is 0.811. The Morgan fingerprint density at radius 3 is 2.38 bits per heavy atom. The van der Waals surface area contributed by atoms with Crippen LogP contribution < -0.4 is 5.32 Å². The zero-order valence-corrected chi connectivity index (χ0v) is 13.1. The van der Waals surface area contributed by atoms with Gasteiger partial charge >= 0.3 is 0 Å². The molecule has 2 fully saturated rings. The minimum Gasteiger partial charge on any atom is -0.385 e. The number of benzene rings is 1. The molecule has 1 aromatic rings. The van der Waals surface area contributed by atoms with E-state index < -0.39 is 0 Å². The molecule has 1 heterocycles. The van der Waals surface area contributed by atoms with Crippen molar-refractivity contribution in [3.63, 3.8) is 0 Å². The van der Waals surface area contributed by atoms with E-state index in [1.54, 1.807) is 0 Å². The van der Waals surface area contributed by atoms with E-state index >= 15 is 0 Å². The van der Waals surface area contributed by atoms with Crippen molar-refractivity contribution in [3.05, 3.63) is 30.3 Å². The van der Waals surface area contributed by atoms with Crippen LogP contribution in [0, 0.1) is 0 Å². The standard InChI is InChI=1S/C18H29N3/c1-2-7-17(8-3-1)19-11-6-12-20-13-15-21(16-14-20)18-9-4-5-10-18/h1-3,7-8,18-19H,4-6,9-16H2. The highest BCUT2D eigenvalue weighted by Gasteiger charge is 2.25. The van der Waals surface area contributed by atoms with Crippen LogP contribution in [0.4, 0.5) is 5.69 Å². The van der Waals surface area contributed by atoms with Crippen molar-refractivity contribution < 1.29 is 0 Å². The molecule has 0 spiro atoms. The molecule has 21 heavy (non-hydrogen) atoms. The topological polar surface area (TPSA) is 18.5 Å². The lowest BCUT2D eigenvalue weighted by Gasteiger charge is -2.38. The first-order chi connectivity index (χ1) is 10.4. The summed E-state index contributed by atoms with van der Waals surface area (Å²) in [6.07, 6.45) is 7.03. The monoisotopic (exact) mass is 287 g/mol. The predicted octanol–water partition coefficient (Wildman–Crippen LogP) is 3.05. The van der Waals surface area contributed by atoms with Gasteiger partial charge in [-0.15, -0.1) is 0 Å². The molecule has 3 rings (SSSR count). The smallest absolute Gasteiger partial charge is 0.0340 e. The van der Waals surface area contributed by atoms with E-state index in [1.165, 1.54) is 70.5 Å². The van der Waals surface area contributed by atoms with E-state index in [0.717, 1.165) is 12.6 Å². The van der Waals surface area contributed by atoms with Crippen LogP contribution in [-0.4, -0.2) is 55.1 Å². The van der Waals surface area contributed by atoms with Gasteiger partial charge in [-0.25, -0.2) is 0 Å². The highest BCUT2D eigenvalue weighted by Crippen LogP contribution is 2.24. The van der Waals surface area contributed by atoms with Crippen LogP contribution in [0.15, 0.2) is 30.3 Å². The molecule has 0 atom stereocenters. The Kier molecular flexibility index (Phi) is 5.53. The second-order valence-electron chi connectivity index (χ2n) is 6.46. The van der Waals surface area contributed by atoms with E-state index in [2.05, 4.69) is 45.4 Å². The minimum atomic E-state index is 0.909. The third-order valence-corrected chi connectivity index (χ3v) is 5.00. The van der Waals surface area contributed by atoms with Gasteiger partial charge in [0.1, 0.15) is 0 Å². The molecule has 1 N–H and O–H groups in total. The predicted molar refractivity (Wildman–Crippen MR) is 89.8 cm³/mol. The normalized spacial score (nSPS) is 21.7. The maximum absolute atomic E-state index is 3.50. The number of piperazine rings is 1. The molecule has 116 valence electrons. The number of hydrogen-bond acceptors (Lipinski definition) is 3. The number of nitrogens with zero attached hydrogens (tertiary/aromatic N) is 2. The summed E-state index contributed by atoms with van der Waals surface area (Å²) in [6, 6.07) is 11.4. The SMILES string of the molecule is c1ccc(NCCCN2CCN(C3CCCC3)CC2)cc1. The van der Waals surface area contributed by atoms with E-state index in [-0.39, 0.29) is 0 Å². The van der Waals surface area contributed by atoms with Crippen molar-refractivity contribution >= 4 is 5.69 Å². The summed E-state index contributed by atoms with van der Waals surface area (Å²) in [4.78, 5) is 5.38. The molecule has 1 aliphatic carbocycles. The van der Waals surface area contributed by atoms with Crippen molar-refractivity contribution in [1.29, 1.82) is 0 Å². The van der Waals surface area contributed by atoms with Gasteiger partial charge in [-0.2, -0.15) is 0 Å². The number of para-hydroxylation sites is 1. The lowest BCUT2D eigenvalue weighted by atomic mass is 10.2. The molecule has 3 nitrogen and oxygen atoms in total. The number of rotatable bonds is 6. The summed E-state index contributed by atoms with van der Waals surface area (Å²) in [6.45, 7) is 7.42. The molecule has 0 amide bonds. The molecule has 1 saturated carbocycles. The van der Waals surface area contributed by atoms with E-state index in [9.17, 15) is 0 Å². The lowest BCUT2D eigenvalue weighted by Crippen LogP contribution is -2.49. The summed E-state index contributed by atoms with van der Waals surface area (Å²) in [7, 11) is 0. The van der Waals surface area contributed by atoms with Gasteiger partial charge in [-0.05, 0) is 37.9 Å². The Hall–Kier alpha value is -1.06. The molecular formula is C18H29N3. The van der Waals surface area contributed by atoms with Crippen molar-refractivity contribution in [3.8, 4) is 0 Å². The third kappa shape index (κ3) is 4.45. The van der Waals surface area contributed by atoms with Gasteiger partial charge in [-0.3, -0.25) is 4.90 Å². The summed E-state index contributed by atoms with van der Waals surface area (Å²) < 4.78 is 0. The Bertz CT molecular complexity index is 392. The van der Waals surface area contributed by atoms with Gasteiger partial charge in [0.2, 0.25) is 0 Å². The second kappa shape index (κ2) is 7.81. The molecule has 0 unspecified atom stereocenters. The highest BCUT2D eigenvalue weighted by atomic mass is 15.3. The van der Waals surface area contributed by atoms with Gasteiger partial charge in [0, 0.05) is 44.5 Å². The summed E-state index contributed by atoms with van der Waals surface area (Å²) in [5.74, 6) is 0. The second-order valence-corrected chi connectivity index (χ2v) is 6.46. The first kappa shape index (κ1) is 14.9. The minimum absolute atomic E-state index is 0.909. The molecule has 1 saturated heterocycles. The maximum atomic E-state index is 3.50. The van der Waals surface area contributed by atoms with Crippen LogP contribution in [0.25, 0.3) is 0 Å². The molecule has 1 aromatic carbocycles. The van der Waals surface area contributed by atoms with Crippen LogP contribution >= 0.6 is 0 Å². The average Bonchev–Trinajstić information content (AvgIpc) is 3.08. The maximum Gasteiger partial charge on any atom is 0.0340 e. The first-order valence-electron chi connectivity index (χ1n) is 8.67. The van der Waals surface area contributed by atoms with Crippen molar-refractivity contribution in [1.82, 2.24) is 9.80 Å². The number of nitrogens with one attached hydrogen (secondary N) is 1. The van der Waals surface area contributed by atoms with E-state index in [0.29, 0.717) is 0 Å². The average molecular weight is 287 g/mol. The zero-order chi connectivity index (χ0) is 14.3. The van der Waals surface area contributed by atoms with Gasteiger partial charge in [0.25, 0.3) is 0 Å². The van der Waals surface area contributed by atoms with Crippen LogP contribution in [0.5, 0.6) is 0 Å². The van der Waals surface area contributed by atoms with Gasteiger partial charge in [0.05, 0.1) is 0 Å². The molecule has 0 radical (unpaired) electrons.